The number of halogens is 1. The maximum atomic E-state index is 11.6. The number of unbranched alkanes of at least 4 members (excludes halogenated alkanes) is 14. The molecule has 0 atom stereocenters. The number of ether oxygens (including phenoxy) is 1. The molecule has 0 aromatic heterocycles. The van der Waals surface area contributed by atoms with Crippen molar-refractivity contribution in [3.63, 3.8) is 0 Å². The first-order valence-electron chi connectivity index (χ1n) is 10.7. The van der Waals surface area contributed by atoms with Crippen LogP contribution in [0.5, 0.6) is 0 Å². The Kier molecular flexibility index (Phi) is 17.7. The Morgan fingerprint density at radius 2 is 0.960 bits per heavy atom. The minimum atomic E-state index is -0.341. The predicted octanol–water partition coefficient (Wildman–Crippen LogP) is 8.00. The number of hydrogen-bond acceptors (Lipinski definition) is 2. The first-order valence-corrected chi connectivity index (χ1v) is 12.3. The largest absolute Gasteiger partial charge is 0.460 e. The van der Waals surface area contributed by atoms with Gasteiger partial charge in [-0.25, -0.2) is 0 Å². The first kappa shape index (κ1) is 25.2. The normalized spacial score (nSPS) is 11.7. The second kappa shape index (κ2) is 17.6. The van der Waals surface area contributed by atoms with Crippen molar-refractivity contribution in [2.45, 2.75) is 129 Å². The van der Waals surface area contributed by atoms with E-state index in [0.29, 0.717) is 6.42 Å². The molecule has 0 rings (SSSR count). The van der Waals surface area contributed by atoms with E-state index in [0.717, 1.165) is 12.8 Å². The van der Waals surface area contributed by atoms with Gasteiger partial charge in [0.1, 0.15) is 5.60 Å². The van der Waals surface area contributed by atoms with E-state index in [1.54, 1.807) is 0 Å². The molecule has 0 bridgehead atoms. The molecule has 0 saturated carbocycles. The van der Waals surface area contributed by atoms with E-state index in [9.17, 15) is 4.79 Å². The molecule has 25 heavy (non-hydrogen) atoms. The Labute approximate surface area is 171 Å². The van der Waals surface area contributed by atoms with Gasteiger partial charge in [-0.15, -0.1) is 0 Å². The lowest BCUT2D eigenvalue weighted by Crippen LogP contribution is -2.23. The van der Waals surface area contributed by atoms with Crippen LogP contribution in [-0.2, 0) is 9.53 Å². The quantitative estimate of drug-likeness (QED) is 0.0939. The Balaban J connectivity index is 3.13. The standard InChI is InChI=1S/C22H43IO2/c1-22(2,3)25-21(24)19-17-15-13-11-9-7-5-4-6-8-10-12-14-16-18-20-23/h4-20H2,1-3H3. The molecular formula is C22H43IO2. The van der Waals surface area contributed by atoms with Crippen LogP contribution in [0.4, 0.5) is 0 Å². The third kappa shape index (κ3) is 22.2. The maximum Gasteiger partial charge on any atom is 0.306 e. The zero-order chi connectivity index (χ0) is 18.8. The van der Waals surface area contributed by atoms with Crippen molar-refractivity contribution < 1.29 is 9.53 Å². The summed E-state index contributed by atoms with van der Waals surface area (Å²) in [6.45, 7) is 5.79. The number of carbonyl (C=O) groups is 1. The van der Waals surface area contributed by atoms with Crippen molar-refractivity contribution in [3.8, 4) is 0 Å². The minimum absolute atomic E-state index is 0.0440. The smallest absolute Gasteiger partial charge is 0.306 e. The van der Waals surface area contributed by atoms with E-state index in [1.165, 1.54) is 87.9 Å². The molecule has 0 heterocycles. The van der Waals surface area contributed by atoms with Crippen molar-refractivity contribution >= 4 is 28.6 Å². The molecule has 0 aliphatic heterocycles. The van der Waals surface area contributed by atoms with Crippen LogP contribution < -0.4 is 0 Å². The van der Waals surface area contributed by atoms with E-state index < -0.39 is 0 Å². The van der Waals surface area contributed by atoms with Crippen LogP contribution in [0.1, 0.15) is 124 Å². The summed E-state index contributed by atoms with van der Waals surface area (Å²) in [5, 5.41) is 0. The number of alkyl halides is 1. The maximum absolute atomic E-state index is 11.6. The zero-order valence-corrected chi connectivity index (χ0v) is 19.4. The van der Waals surface area contributed by atoms with Gasteiger partial charge in [0.05, 0.1) is 0 Å². The van der Waals surface area contributed by atoms with Gasteiger partial charge in [0, 0.05) is 6.42 Å². The highest BCUT2D eigenvalue weighted by atomic mass is 127. The van der Waals surface area contributed by atoms with Crippen molar-refractivity contribution in [1.82, 2.24) is 0 Å². The summed E-state index contributed by atoms with van der Waals surface area (Å²) in [5.74, 6) is -0.0440. The Morgan fingerprint density at radius 3 is 1.28 bits per heavy atom. The van der Waals surface area contributed by atoms with Crippen LogP contribution >= 0.6 is 22.6 Å². The second-order valence-electron chi connectivity index (χ2n) is 8.33. The van der Waals surface area contributed by atoms with Crippen molar-refractivity contribution in [2.75, 3.05) is 4.43 Å². The van der Waals surface area contributed by atoms with Gasteiger partial charge in [-0.3, -0.25) is 4.79 Å². The summed E-state index contributed by atoms with van der Waals surface area (Å²) in [4.78, 5) is 11.6. The molecule has 150 valence electrons. The molecule has 0 aromatic rings. The predicted molar refractivity (Wildman–Crippen MR) is 119 cm³/mol. The van der Waals surface area contributed by atoms with Crippen LogP contribution in [0.3, 0.4) is 0 Å². The molecule has 0 aromatic carbocycles. The summed E-state index contributed by atoms with van der Waals surface area (Å²) >= 11 is 2.47. The van der Waals surface area contributed by atoms with Gasteiger partial charge < -0.3 is 4.74 Å². The molecular weight excluding hydrogens is 423 g/mol. The van der Waals surface area contributed by atoms with Gasteiger partial charge in [0.15, 0.2) is 0 Å². The van der Waals surface area contributed by atoms with E-state index in [1.807, 2.05) is 20.8 Å². The molecule has 0 spiro atoms. The summed E-state index contributed by atoms with van der Waals surface area (Å²) in [6.07, 6.45) is 20.9. The van der Waals surface area contributed by atoms with Gasteiger partial charge >= 0.3 is 5.97 Å². The lowest BCUT2D eigenvalue weighted by Gasteiger charge is -2.19. The zero-order valence-electron chi connectivity index (χ0n) is 17.2. The fourth-order valence-electron chi connectivity index (χ4n) is 3.05. The highest BCUT2D eigenvalue weighted by molar-refractivity contribution is 14.1. The van der Waals surface area contributed by atoms with E-state index in [-0.39, 0.29) is 11.6 Å². The molecule has 0 N–H and O–H groups in total. The molecule has 0 saturated heterocycles. The summed E-state index contributed by atoms with van der Waals surface area (Å²) in [7, 11) is 0. The van der Waals surface area contributed by atoms with Gasteiger partial charge in [0.2, 0.25) is 0 Å². The van der Waals surface area contributed by atoms with E-state index in [4.69, 9.17) is 4.74 Å². The summed E-state index contributed by atoms with van der Waals surface area (Å²) in [6, 6.07) is 0. The fraction of sp³-hybridized carbons (Fsp3) is 0.955. The second-order valence-corrected chi connectivity index (χ2v) is 9.41. The van der Waals surface area contributed by atoms with Crippen molar-refractivity contribution in [2.24, 2.45) is 0 Å². The number of hydrogen-bond donors (Lipinski definition) is 0. The third-order valence-corrected chi connectivity index (χ3v) is 5.20. The molecule has 0 unspecified atom stereocenters. The fourth-order valence-corrected chi connectivity index (χ4v) is 3.59. The molecule has 0 aliphatic carbocycles. The SMILES string of the molecule is CC(C)(C)OC(=O)CCCCCCCCCCCCCCCCCI. The average Bonchev–Trinajstić information content (AvgIpc) is 2.53. The van der Waals surface area contributed by atoms with Crippen LogP contribution in [0.25, 0.3) is 0 Å². The molecule has 0 aliphatic rings. The topological polar surface area (TPSA) is 26.3 Å². The highest BCUT2D eigenvalue weighted by Crippen LogP contribution is 2.15. The number of rotatable bonds is 17. The molecule has 0 fully saturated rings. The molecule has 0 amide bonds. The minimum Gasteiger partial charge on any atom is -0.460 e. The summed E-state index contributed by atoms with van der Waals surface area (Å²) < 4.78 is 6.64. The number of esters is 1. The number of carbonyl (C=O) groups excluding carboxylic acids is 1. The molecule has 0 radical (unpaired) electrons. The van der Waals surface area contributed by atoms with Crippen LogP contribution in [-0.4, -0.2) is 16.0 Å². The Morgan fingerprint density at radius 1 is 0.640 bits per heavy atom. The van der Waals surface area contributed by atoms with Crippen LogP contribution in [0.15, 0.2) is 0 Å². The van der Waals surface area contributed by atoms with Gasteiger partial charge in [0.25, 0.3) is 0 Å². The van der Waals surface area contributed by atoms with Gasteiger partial charge in [-0.2, -0.15) is 0 Å². The third-order valence-electron chi connectivity index (χ3n) is 4.43. The Bertz CT molecular complexity index is 297. The van der Waals surface area contributed by atoms with Gasteiger partial charge in [-0.05, 0) is 38.0 Å². The summed E-state index contributed by atoms with van der Waals surface area (Å²) in [5.41, 5.74) is -0.341. The highest BCUT2D eigenvalue weighted by Gasteiger charge is 2.15. The van der Waals surface area contributed by atoms with Crippen molar-refractivity contribution in [3.05, 3.63) is 0 Å². The van der Waals surface area contributed by atoms with E-state index >= 15 is 0 Å². The monoisotopic (exact) mass is 466 g/mol. The molecule has 3 heteroatoms. The lowest BCUT2D eigenvalue weighted by atomic mass is 10.0. The Hall–Kier alpha value is 0.200. The molecule has 2 nitrogen and oxygen atoms in total. The van der Waals surface area contributed by atoms with Crippen LogP contribution in [0, 0.1) is 0 Å². The van der Waals surface area contributed by atoms with E-state index in [2.05, 4.69) is 22.6 Å². The first-order chi connectivity index (χ1) is 12.0. The van der Waals surface area contributed by atoms with Crippen molar-refractivity contribution in [1.29, 1.82) is 0 Å². The average molecular weight is 466 g/mol. The lowest BCUT2D eigenvalue weighted by molar-refractivity contribution is -0.154. The van der Waals surface area contributed by atoms with Crippen LogP contribution in [0.2, 0.25) is 0 Å². The van der Waals surface area contributed by atoms with Gasteiger partial charge in [-0.1, -0.05) is 106 Å².